The molecule has 0 amide bonds. The summed E-state index contributed by atoms with van der Waals surface area (Å²) in [6.45, 7) is 12.1. The minimum atomic E-state index is 0.720. The lowest BCUT2D eigenvalue weighted by Crippen LogP contribution is -2.05. The van der Waals surface area contributed by atoms with E-state index in [-0.39, 0.29) is 0 Å². The third kappa shape index (κ3) is 1.85. The Balaban J connectivity index is 1.91. The second kappa shape index (κ2) is 3.79. The van der Waals surface area contributed by atoms with Crippen molar-refractivity contribution in [1.29, 1.82) is 0 Å². The molecule has 2 rings (SSSR count). The summed E-state index contributed by atoms with van der Waals surface area (Å²) in [7, 11) is 0. The lowest BCUT2D eigenvalue weighted by molar-refractivity contribution is 0.364. The van der Waals surface area contributed by atoms with Crippen LogP contribution in [0.5, 0.6) is 0 Å². The molecule has 0 spiro atoms. The van der Waals surface area contributed by atoms with E-state index in [1.165, 1.54) is 25.7 Å². The first kappa shape index (κ1) is 11.5. The summed E-state index contributed by atoms with van der Waals surface area (Å²) in [5.74, 6) is 5.15. The summed E-state index contributed by atoms with van der Waals surface area (Å²) >= 11 is 0. The van der Waals surface area contributed by atoms with Crippen LogP contribution in [0.3, 0.4) is 0 Å². The molecule has 0 nitrogen and oxygen atoms in total. The van der Waals surface area contributed by atoms with Gasteiger partial charge in [-0.1, -0.05) is 47.5 Å². The van der Waals surface area contributed by atoms with Gasteiger partial charge in [0.15, 0.2) is 0 Å². The van der Waals surface area contributed by atoms with Crippen molar-refractivity contribution >= 4 is 0 Å². The molecule has 0 aromatic carbocycles. The summed E-state index contributed by atoms with van der Waals surface area (Å²) in [5, 5.41) is 0. The second-order valence-corrected chi connectivity index (χ2v) is 6.66. The van der Waals surface area contributed by atoms with Crippen molar-refractivity contribution in [3.8, 4) is 0 Å². The van der Waals surface area contributed by atoms with Crippen molar-refractivity contribution in [2.24, 2.45) is 35.0 Å². The molecule has 2 saturated carbocycles. The molecule has 0 saturated heterocycles. The quantitative estimate of drug-likeness (QED) is 0.612. The SMILES string of the molecule is CCC1CC1CC1(C)C(CC)C1C(C)C. The van der Waals surface area contributed by atoms with Crippen molar-refractivity contribution < 1.29 is 0 Å². The van der Waals surface area contributed by atoms with E-state index in [9.17, 15) is 0 Å². The zero-order valence-corrected chi connectivity index (χ0v) is 11.2. The zero-order valence-electron chi connectivity index (χ0n) is 11.2. The van der Waals surface area contributed by atoms with Crippen molar-refractivity contribution in [3.63, 3.8) is 0 Å². The molecule has 88 valence electrons. The predicted molar refractivity (Wildman–Crippen MR) is 66.7 cm³/mol. The fourth-order valence-corrected chi connectivity index (χ4v) is 4.56. The van der Waals surface area contributed by atoms with E-state index in [1.54, 1.807) is 0 Å². The Morgan fingerprint density at radius 2 is 1.80 bits per heavy atom. The molecule has 0 aromatic rings. The third-order valence-electron chi connectivity index (χ3n) is 5.39. The summed E-state index contributed by atoms with van der Waals surface area (Å²) in [6.07, 6.45) is 5.90. The van der Waals surface area contributed by atoms with E-state index in [2.05, 4.69) is 34.6 Å². The fraction of sp³-hybridized carbons (Fsp3) is 1.00. The first-order valence-electron chi connectivity index (χ1n) is 7.04. The van der Waals surface area contributed by atoms with Crippen LogP contribution in [0.2, 0.25) is 0 Å². The Morgan fingerprint density at radius 1 is 1.13 bits per heavy atom. The molecule has 0 heteroatoms. The number of rotatable bonds is 5. The van der Waals surface area contributed by atoms with Gasteiger partial charge in [0.25, 0.3) is 0 Å². The fourth-order valence-electron chi connectivity index (χ4n) is 4.56. The average Bonchev–Trinajstić information content (AvgIpc) is 3.02. The smallest absolute Gasteiger partial charge is 0.0258 e. The normalized spacial score (nSPS) is 48.4. The first-order valence-corrected chi connectivity index (χ1v) is 7.04. The third-order valence-corrected chi connectivity index (χ3v) is 5.39. The molecule has 15 heavy (non-hydrogen) atoms. The van der Waals surface area contributed by atoms with Gasteiger partial charge in [0, 0.05) is 0 Å². The summed E-state index contributed by atoms with van der Waals surface area (Å²) in [5.41, 5.74) is 0.720. The Labute approximate surface area is 95.8 Å². The molecule has 5 unspecified atom stereocenters. The predicted octanol–water partition coefficient (Wildman–Crippen LogP) is 4.74. The molecule has 5 atom stereocenters. The summed E-state index contributed by atoms with van der Waals surface area (Å²) in [6, 6.07) is 0. The number of hydrogen-bond acceptors (Lipinski definition) is 0. The van der Waals surface area contributed by atoms with Gasteiger partial charge in [-0.25, -0.2) is 0 Å². The lowest BCUT2D eigenvalue weighted by Gasteiger charge is -2.13. The highest BCUT2D eigenvalue weighted by Gasteiger charge is 2.62. The van der Waals surface area contributed by atoms with E-state index < -0.39 is 0 Å². The van der Waals surface area contributed by atoms with Crippen molar-refractivity contribution in [1.82, 2.24) is 0 Å². The highest BCUT2D eigenvalue weighted by molar-refractivity contribution is 5.10. The number of hydrogen-bond donors (Lipinski definition) is 0. The molecular weight excluding hydrogens is 180 g/mol. The van der Waals surface area contributed by atoms with Crippen LogP contribution < -0.4 is 0 Å². The van der Waals surface area contributed by atoms with Crippen molar-refractivity contribution in [2.75, 3.05) is 0 Å². The Kier molecular flexibility index (Phi) is 2.90. The first-order chi connectivity index (χ1) is 7.04. The second-order valence-electron chi connectivity index (χ2n) is 6.66. The summed E-state index contributed by atoms with van der Waals surface area (Å²) in [4.78, 5) is 0. The van der Waals surface area contributed by atoms with Crippen LogP contribution in [-0.4, -0.2) is 0 Å². The molecular formula is C15H28. The minimum absolute atomic E-state index is 0.720. The standard InChI is InChI=1S/C15H28/c1-6-11-8-12(11)9-15(5)13(7-2)14(15)10(3)4/h10-14H,6-9H2,1-5H3. The Bertz CT molecular complexity index is 230. The zero-order chi connectivity index (χ0) is 11.2. The van der Waals surface area contributed by atoms with Gasteiger partial charge in [-0.05, 0) is 47.8 Å². The van der Waals surface area contributed by atoms with Crippen LogP contribution in [0.1, 0.15) is 60.3 Å². The van der Waals surface area contributed by atoms with Crippen molar-refractivity contribution in [2.45, 2.75) is 60.3 Å². The molecule has 0 aromatic heterocycles. The Hall–Kier alpha value is 0. The van der Waals surface area contributed by atoms with Gasteiger partial charge in [0.1, 0.15) is 0 Å². The molecule has 0 aliphatic heterocycles. The summed E-state index contributed by atoms with van der Waals surface area (Å²) < 4.78 is 0. The Morgan fingerprint density at radius 3 is 2.13 bits per heavy atom. The molecule has 2 aliphatic rings. The highest BCUT2D eigenvalue weighted by atomic mass is 14.7. The highest BCUT2D eigenvalue weighted by Crippen LogP contribution is 2.68. The lowest BCUT2D eigenvalue weighted by atomic mass is 9.92. The molecule has 0 radical (unpaired) electrons. The maximum Gasteiger partial charge on any atom is -0.0258 e. The van der Waals surface area contributed by atoms with Crippen molar-refractivity contribution in [3.05, 3.63) is 0 Å². The van der Waals surface area contributed by atoms with E-state index in [0.717, 1.165) is 35.0 Å². The van der Waals surface area contributed by atoms with Crippen LogP contribution in [0.4, 0.5) is 0 Å². The van der Waals surface area contributed by atoms with Gasteiger partial charge < -0.3 is 0 Å². The maximum absolute atomic E-state index is 2.57. The van der Waals surface area contributed by atoms with Gasteiger partial charge in [-0.3, -0.25) is 0 Å². The van der Waals surface area contributed by atoms with Gasteiger partial charge in [-0.2, -0.15) is 0 Å². The van der Waals surface area contributed by atoms with Crippen LogP contribution in [-0.2, 0) is 0 Å². The van der Waals surface area contributed by atoms with E-state index >= 15 is 0 Å². The monoisotopic (exact) mass is 208 g/mol. The topological polar surface area (TPSA) is 0 Å². The molecule has 0 bridgehead atoms. The largest absolute Gasteiger partial charge is 0.0651 e. The molecule has 0 N–H and O–H groups in total. The van der Waals surface area contributed by atoms with Gasteiger partial charge in [0.05, 0.1) is 0 Å². The minimum Gasteiger partial charge on any atom is -0.0651 e. The van der Waals surface area contributed by atoms with E-state index in [4.69, 9.17) is 0 Å². The molecule has 2 aliphatic carbocycles. The average molecular weight is 208 g/mol. The van der Waals surface area contributed by atoms with Crippen LogP contribution in [0, 0.1) is 35.0 Å². The van der Waals surface area contributed by atoms with Gasteiger partial charge in [0.2, 0.25) is 0 Å². The molecule has 0 heterocycles. The van der Waals surface area contributed by atoms with Crippen LogP contribution in [0.15, 0.2) is 0 Å². The molecule has 2 fully saturated rings. The van der Waals surface area contributed by atoms with Gasteiger partial charge in [-0.15, -0.1) is 0 Å². The van der Waals surface area contributed by atoms with Crippen LogP contribution in [0.25, 0.3) is 0 Å². The van der Waals surface area contributed by atoms with E-state index in [0.29, 0.717) is 0 Å². The van der Waals surface area contributed by atoms with E-state index in [1.807, 2.05) is 0 Å². The van der Waals surface area contributed by atoms with Gasteiger partial charge >= 0.3 is 0 Å². The maximum atomic E-state index is 2.57. The van der Waals surface area contributed by atoms with Crippen LogP contribution >= 0.6 is 0 Å².